The van der Waals surface area contributed by atoms with E-state index in [2.05, 4.69) is 33.3 Å². The molecule has 190 valence electrons. The summed E-state index contributed by atoms with van der Waals surface area (Å²) in [5.41, 5.74) is 2.09. The second-order valence-electron chi connectivity index (χ2n) is 11.7. The third kappa shape index (κ3) is 3.12. The summed E-state index contributed by atoms with van der Waals surface area (Å²) >= 11 is 5.85. The van der Waals surface area contributed by atoms with Crippen molar-refractivity contribution in [2.75, 3.05) is 20.1 Å². The van der Waals surface area contributed by atoms with Gasteiger partial charge in [0.2, 0.25) is 0 Å². The maximum Gasteiger partial charge on any atom is 0.169 e. The molecule has 6 nitrogen and oxygen atoms in total. The van der Waals surface area contributed by atoms with Gasteiger partial charge < -0.3 is 25.2 Å². The van der Waals surface area contributed by atoms with Gasteiger partial charge in [-0.25, -0.2) is 0 Å². The summed E-state index contributed by atoms with van der Waals surface area (Å²) in [4.78, 5) is 4.71. The van der Waals surface area contributed by atoms with Gasteiger partial charge in [-0.15, -0.1) is 0 Å². The molecule has 2 bridgehead atoms. The lowest BCUT2D eigenvalue weighted by Gasteiger charge is -2.64. The van der Waals surface area contributed by atoms with Crippen LogP contribution in [0.15, 0.2) is 42.5 Å². The fourth-order valence-corrected chi connectivity index (χ4v) is 8.11. The number of hydrogen-bond acceptors (Lipinski definition) is 5. The normalized spacial score (nSPS) is 34.0. The van der Waals surface area contributed by atoms with E-state index in [0.29, 0.717) is 23.8 Å². The Hall–Kier alpha value is -2.35. The van der Waals surface area contributed by atoms with Crippen LogP contribution in [0.3, 0.4) is 0 Å². The van der Waals surface area contributed by atoms with Crippen LogP contribution < -0.4 is 10.1 Å². The first-order chi connectivity index (χ1) is 17.4. The maximum atomic E-state index is 12.6. The topological polar surface area (TPSA) is 68.2 Å². The summed E-state index contributed by atoms with van der Waals surface area (Å²) in [7, 11) is 2.04. The van der Waals surface area contributed by atoms with E-state index in [1.165, 1.54) is 24.0 Å². The Labute approximate surface area is 218 Å². The van der Waals surface area contributed by atoms with Gasteiger partial charge in [0, 0.05) is 31.7 Å². The molecule has 5 aliphatic rings. The zero-order valence-electron chi connectivity index (χ0n) is 20.8. The van der Waals surface area contributed by atoms with Gasteiger partial charge in [0.05, 0.1) is 17.1 Å². The monoisotopic (exact) mass is 505 g/mol. The maximum absolute atomic E-state index is 12.6. The molecule has 1 spiro atoms. The Kier molecular flexibility index (Phi) is 5.12. The van der Waals surface area contributed by atoms with E-state index in [1.54, 1.807) is 6.07 Å². The number of nitrogens with one attached hydrogen (secondary N) is 1. The molecule has 36 heavy (non-hydrogen) atoms. The molecule has 0 unspecified atom stereocenters. The molecule has 2 aromatic rings. The van der Waals surface area contributed by atoms with E-state index in [-0.39, 0.29) is 23.9 Å². The van der Waals surface area contributed by atoms with E-state index >= 15 is 0 Å². The van der Waals surface area contributed by atoms with E-state index < -0.39 is 11.0 Å². The fourth-order valence-electron chi connectivity index (χ4n) is 7.90. The van der Waals surface area contributed by atoms with E-state index in [4.69, 9.17) is 17.0 Å². The van der Waals surface area contributed by atoms with Crippen molar-refractivity contribution < 1.29 is 14.9 Å². The SMILES string of the molecule is CN(C(=S)NCc1ccccc1)[C@@H]1CC[C@@]2(O)[C@@H]3Cc4ccc(O)c5c4[C@@]2(CCN3CC2CC2)[C@H]1O5. The number of phenols is 1. The molecule has 2 aliphatic heterocycles. The lowest BCUT2D eigenvalue weighted by Crippen LogP contribution is -2.78. The molecule has 5 atom stereocenters. The number of phenolic OH excluding ortho intramolecular Hbond substituents is 1. The van der Waals surface area contributed by atoms with Gasteiger partial charge in [-0.2, -0.15) is 0 Å². The Morgan fingerprint density at radius 1 is 1.17 bits per heavy atom. The van der Waals surface area contributed by atoms with Gasteiger partial charge in [-0.05, 0) is 80.4 Å². The number of hydrogen-bond donors (Lipinski definition) is 3. The lowest BCUT2D eigenvalue weighted by molar-refractivity contribution is -0.196. The minimum Gasteiger partial charge on any atom is -0.504 e. The molecule has 1 saturated heterocycles. The zero-order valence-corrected chi connectivity index (χ0v) is 21.6. The van der Waals surface area contributed by atoms with Crippen LogP contribution in [0.1, 0.15) is 48.8 Å². The van der Waals surface area contributed by atoms with Crippen molar-refractivity contribution in [3.05, 3.63) is 59.2 Å². The predicted octanol–water partition coefficient (Wildman–Crippen LogP) is 3.33. The number of likely N-dealkylation sites (tertiary alicyclic amines) is 1. The number of likely N-dealkylation sites (N-methyl/N-ethyl adjacent to an activating group) is 1. The van der Waals surface area contributed by atoms with Gasteiger partial charge >= 0.3 is 0 Å². The average Bonchev–Trinajstić information content (AvgIpc) is 3.63. The summed E-state index contributed by atoms with van der Waals surface area (Å²) in [5, 5.41) is 27.6. The Morgan fingerprint density at radius 2 is 1.97 bits per heavy atom. The Morgan fingerprint density at radius 3 is 2.75 bits per heavy atom. The third-order valence-electron chi connectivity index (χ3n) is 9.84. The van der Waals surface area contributed by atoms with Crippen LogP contribution in [0.5, 0.6) is 11.5 Å². The van der Waals surface area contributed by atoms with Crippen molar-refractivity contribution in [2.45, 2.75) is 74.3 Å². The summed E-state index contributed by atoms with van der Waals surface area (Å²) in [6.45, 7) is 2.72. The van der Waals surface area contributed by atoms with Crippen LogP contribution in [0, 0.1) is 5.92 Å². The highest BCUT2D eigenvalue weighted by Gasteiger charge is 2.73. The first-order valence-corrected chi connectivity index (χ1v) is 13.9. The van der Waals surface area contributed by atoms with Crippen LogP contribution in [-0.4, -0.2) is 69.1 Å². The minimum atomic E-state index is -0.868. The largest absolute Gasteiger partial charge is 0.504 e. The molecule has 3 fully saturated rings. The second-order valence-corrected chi connectivity index (χ2v) is 12.0. The van der Waals surface area contributed by atoms with Crippen molar-refractivity contribution in [3.8, 4) is 11.5 Å². The molecule has 2 heterocycles. The van der Waals surface area contributed by atoms with E-state index in [1.807, 2.05) is 25.2 Å². The Balaban J connectivity index is 1.23. The van der Waals surface area contributed by atoms with Gasteiger partial charge in [0.15, 0.2) is 16.6 Å². The number of rotatable bonds is 5. The van der Waals surface area contributed by atoms with Crippen LogP contribution in [0.4, 0.5) is 0 Å². The van der Waals surface area contributed by atoms with Gasteiger partial charge in [-0.3, -0.25) is 4.90 Å². The average molecular weight is 506 g/mol. The summed E-state index contributed by atoms with van der Waals surface area (Å²) in [6.07, 6.45) is 5.54. The van der Waals surface area contributed by atoms with Crippen molar-refractivity contribution in [1.82, 2.24) is 15.1 Å². The molecule has 0 aromatic heterocycles. The number of aliphatic hydroxyl groups is 1. The van der Waals surface area contributed by atoms with Gasteiger partial charge in [-0.1, -0.05) is 36.4 Å². The highest BCUT2D eigenvalue weighted by atomic mass is 32.1. The van der Waals surface area contributed by atoms with E-state index in [9.17, 15) is 10.2 Å². The zero-order chi connectivity index (χ0) is 24.7. The summed E-state index contributed by atoms with van der Waals surface area (Å²) in [6, 6.07) is 14.2. The highest BCUT2D eigenvalue weighted by Crippen LogP contribution is 2.66. The summed E-state index contributed by atoms with van der Waals surface area (Å²) < 4.78 is 6.69. The summed E-state index contributed by atoms with van der Waals surface area (Å²) in [5.74, 6) is 1.56. The van der Waals surface area contributed by atoms with Crippen molar-refractivity contribution in [1.29, 1.82) is 0 Å². The Bertz CT molecular complexity index is 1200. The van der Waals surface area contributed by atoms with Crippen LogP contribution in [0.25, 0.3) is 0 Å². The van der Waals surface area contributed by atoms with Crippen molar-refractivity contribution in [2.24, 2.45) is 5.92 Å². The number of benzene rings is 2. The number of nitrogens with zero attached hydrogens (tertiary/aromatic N) is 2. The smallest absolute Gasteiger partial charge is 0.169 e. The standard InChI is InChI=1S/C29H35N3O3S/c1-31(27(36)30-16-18-5-3-2-4-6-18)21-11-12-29(34)23-15-20-9-10-22(33)25-24(20)28(29,26(21)35-25)13-14-32(23)17-19-7-8-19/h2-6,9-10,19,21,23,26,33-34H,7-8,11-17H2,1H3,(H,30,36)/t21-,23+,26+,28+,29-/m1/s1. The molecule has 2 saturated carbocycles. The predicted molar refractivity (Wildman–Crippen MR) is 142 cm³/mol. The van der Waals surface area contributed by atoms with Gasteiger partial charge in [0.25, 0.3) is 0 Å². The molecule has 0 amide bonds. The molecular weight excluding hydrogens is 470 g/mol. The molecule has 2 aromatic carbocycles. The second kappa shape index (κ2) is 8.07. The van der Waals surface area contributed by atoms with Gasteiger partial charge in [0.1, 0.15) is 6.10 Å². The molecule has 0 radical (unpaired) electrons. The van der Waals surface area contributed by atoms with Crippen LogP contribution >= 0.6 is 12.2 Å². The fraction of sp³-hybridized carbons (Fsp3) is 0.552. The first-order valence-electron chi connectivity index (χ1n) is 13.5. The molecule has 7 heteroatoms. The first kappa shape index (κ1) is 22.8. The number of thiocarbonyl (C=S) groups is 1. The molecule has 3 aliphatic carbocycles. The minimum absolute atomic E-state index is 0.00873. The molecule has 7 rings (SSSR count). The number of aromatic hydroxyl groups is 1. The lowest BCUT2D eigenvalue weighted by atomic mass is 9.48. The molecular formula is C29H35N3O3S. The van der Waals surface area contributed by atoms with E-state index in [0.717, 1.165) is 43.8 Å². The van der Waals surface area contributed by atoms with Crippen LogP contribution in [0.2, 0.25) is 0 Å². The quantitative estimate of drug-likeness (QED) is 0.539. The number of piperidine rings is 1. The third-order valence-corrected chi connectivity index (χ3v) is 10.3. The van der Waals surface area contributed by atoms with Crippen molar-refractivity contribution in [3.63, 3.8) is 0 Å². The number of ether oxygens (including phenoxy) is 1. The van der Waals surface area contributed by atoms with Crippen molar-refractivity contribution >= 4 is 17.3 Å². The van der Waals surface area contributed by atoms with Crippen LogP contribution in [-0.2, 0) is 18.4 Å². The molecule has 3 N–H and O–H groups in total. The highest BCUT2D eigenvalue weighted by molar-refractivity contribution is 7.80.